The molecule has 1 saturated carbocycles. The van der Waals surface area contributed by atoms with Crippen molar-refractivity contribution in [3.8, 4) is 16.9 Å². The smallest absolute Gasteiger partial charge is 0.252 e. The molecule has 6 nitrogen and oxygen atoms in total. The summed E-state index contributed by atoms with van der Waals surface area (Å²) >= 11 is 0. The average Bonchev–Trinajstić information content (AvgIpc) is 3.00. The second kappa shape index (κ2) is 16.4. The molecule has 1 aliphatic rings. The quantitative estimate of drug-likeness (QED) is 0.175. The summed E-state index contributed by atoms with van der Waals surface area (Å²) in [6.07, 6.45) is 8.83. The molecule has 3 aromatic rings. The Balaban J connectivity index is 1.67. The molecule has 1 heterocycles. The maximum Gasteiger partial charge on any atom is 0.252 e. The highest BCUT2D eigenvalue weighted by molar-refractivity contribution is 5.67. The number of rotatable bonds is 15. The fraction of sp³-hybridized carbons (Fsp3) is 0.553. The fourth-order valence-corrected chi connectivity index (χ4v) is 7.03. The molecule has 1 atom stereocenters. The van der Waals surface area contributed by atoms with Gasteiger partial charge in [0, 0.05) is 37.5 Å². The average molecular weight is 602 g/mol. The van der Waals surface area contributed by atoms with Gasteiger partial charge < -0.3 is 24.7 Å². The van der Waals surface area contributed by atoms with Crippen molar-refractivity contribution in [2.45, 2.75) is 97.7 Å². The van der Waals surface area contributed by atoms with Gasteiger partial charge >= 0.3 is 0 Å². The van der Waals surface area contributed by atoms with Crippen molar-refractivity contribution in [3.05, 3.63) is 86.3 Å². The van der Waals surface area contributed by atoms with Crippen LogP contribution in [0.5, 0.6) is 5.75 Å². The Morgan fingerprint density at radius 3 is 2.32 bits per heavy atom. The molecule has 2 aromatic carbocycles. The molecule has 0 aliphatic heterocycles. The van der Waals surface area contributed by atoms with Gasteiger partial charge in [0.1, 0.15) is 12.4 Å². The first kappa shape index (κ1) is 34.0. The standard InChI is InChI=1S/C38H55N3O3/c1-8-9-10-35(30-11-15-33(16-12-30)41(5)6)36-23-31(29-13-17-34(18-14-29)44-20-19-43-7)22-32(28(36)4)24-39-25-37-26(2)21-27(3)40-38(37)42/h13-14,17-18,21-23,30,33,35,39H,8-12,15-16,19-20,24-25H2,1-7H3,(H,40,42). The summed E-state index contributed by atoms with van der Waals surface area (Å²) < 4.78 is 11.0. The van der Waals surface area contributed by atoms with E-state index in [0.717, 1.165) is 22.6 Å². The first-order valence-corrected chi connectivity index (χ1v) is 16.6. The lowest BCUT2D eigenvalue weighted by Gasteiger charge is -2.37. The monoisotopic (exact) mass is 601 g/mol. The zero-order chi connectivity index (χ0) is 31.6. The van der Waals surface area contributed by atoms with Gasteiger partial charge in [-0.3, -0.25) is 4.79 Å². The van der Waals surface area contributed by atoms with Crippen molar-refractivity contribution in [3.63, 3.8) is 0 Å². The number of pyridine rings is 1. The van der Waals surface area contributed by atoms with E-state index in [0.29, 0.717) is 44.2 Å². The second-order valence-electron chi connectivity index (χ2n) is 13.0. The number of aromatic amines is 1. The van der Waals surface area contributed by atoms with Crippen LogP contribution in [0.4, 0.5) is 0 Å². The molecule has 1 aromatic heterocycles. The molecular weight excluding hydrogens is 546 g/mol. The van der Waals surface area contributed by atoms with Crippen LogP contribution in [0.25, 0.3) is 11.1 Å². The van der Waals surface area contributed by atoms with E-state index < -0.39 is 0 Å². The lowest BCUT2D eigenvalue weighted by atomic mass is 9.71. The van der Waals surface area contributed by atoms with E-state index in [4.69, 9.17) is 9.47 Å². The first-order valence-electron chi connectivity index (χ1n) is 16.6. The number of hydrogen-bond acceptors (Lipinski definition) is 5. The number of hydrogen-bond donors (Lipinski definition) is 2. The van der Waals surface area contributed by atoms with Gasteiger partial charge in [0.05, 0.1) is 6.61 Å². The summed E-state index contributed by atoms with van der Waals surface area (Å²) in [4.78, 5) is 18.1. The van der Waals surface area contributed by atoms with Gasteiger partial charge in [0.2, 0.25) is 0 Å². The number of nitrogens with zero attached hydrogens (tertiary/aromatic N) is 1. The number of methoxy groups -OCH3 is 1. The van der Waals surface area contributed by atoms with Crippen LogP contribution in [-0.4, -0.2) is 50.3 Å². The molecule has 0 radical (unpaired) electrons. The summed E-state index contributed by atoms with van der Waals surface area (Å²) in [5.74, 6) is 2.12. The van der Waals surface area contributed by atoms with Crippen LogP contribution < -0.4 is 15.6 Å². The molecule has 1 fully saturated rings. The number of aromatic nitrogens is 1. The minimum atomic E-state index is 0.00178. The molecule has 44 heavy (non-hydrogen) atoms. The number of nitrogens with one attached hydrogen (secondary N) is 2. The Kier molecular flexibility index (Phi) is 12.7. The van der Waals surface area contributed by atoms with Crippen LogP contribution in [0.15, 0.2) is 47.3 Å². The Hall–Kier alpha value is -2.93. The van der Waals surface area contributed by atoms with Crippen LogP contribution in [0.3, 0.4) is 0 Å². The summed E-state index contributed by atoms with van der Waals surface area (Å²) in [6, 6.07) is 16.0. The van der Waals surface area contributed by atoms with E-state index >= 15 is 0 Å². The summed E-state index contributed by atoms with van der Waals surface area (Å²) in [6.45, 7) is 11.0. The summed E-state index contributed by atoms with van der Waals surface area (Å²) in [7, 11) is 6.15. The van der Waals surface area contributed by atoms with Gasteiger partial charge in [-0.25, -0.2) is 0 Å². The third-order valence-corrected chi connectivity index (χ3v) is 9.72. The summed E-state index contributed by atoms with van der Waals surface area (Å²) in [5.41, 5.74) is 9.40. The van der Waals surface area contributed by atoms with E-state index in [1.54, 1.807) is 7.11 Å². The highest BCUT2D eigenvalue weighted by Crippen LogP contribution is 2.43. The van der Waals surface area contributed by atoms with Gasteiger partial charge in [0.15, 0.2) is 0 Å². The van der Waals surface area contributed by atoms with Crippen molar-refractivity contribution in [2.24, 2.45) is 5.92 Å². The molecule has 0 bridgehead atoms. The molecule has 0 spiro atoms. The van der Waals surface area contributed by atoms with Gasteiger partial charge in [-0.15, -0.1) is 0 Å². The van der Waals surface area contributed by atoms with Crippen LogP contribution in [0.1, 0.15) is 91.3 Å². The van der Waals surface area contributed by atoms with Crippen molar-refractivity contribution in [2.75, 3.05) is 34.4 Å². The molecule has 0 saturated heterocycles. The van der Waals surface area contributed by atoms with Crippen LogP contribution >= 0.6 is 0 Å². The highest BCUT2D eigenvalue weighted by atomic mass is 16.5. The van der Waals surface area contributed by atoms with E-state index in [1.165, 1.54) is 72.8 Å². The van der Waals surface area contributed by atoms with Gasteiger partial charge in [-0.1, -0.05) is 38.0 Å². The van der Waals surface area contributed by atoms with Crippen LogP contribution in [0, 0.1) is 26.7 Å². The van der Waals surface area contributed by atoms with Crippen LogP contribution in [-0.2, 0) is 17.8 Å². The summed E-state index contributed by atoms with van der Waals surface area (Å²) in [5, 5.41) is 3.63. The molecule has 2 N–H and O–H groups in total. The van der Waals surface area contributed by atoms with E-state index in [9.17, 15) is 4.79 Å². The molecule has 240 valence electrons. The Labute approximate surface area is 265 Å². The van der Waals surface area contributed by atoms with E-state index in [2.05, 4.69) is 85.6 Å². The number of benzene rings is 2. The third-order valence-electron chi connectivity index (χ3n) is 9.72. The number of unbranched alkanes of at least 4 members (excludes halogenated alkanes) is 1. The first-order chi connectivity index (χ1) is 21.2. The number of ether oxygens (including phenoxy) is 2. The van der Waals surface area contributed by atoms with E-state index in [-0.39, 0.29) is 5.56 Å². The Bertz CT molecular complexity index is 1390. The van der Waals surface area contributed by atoms with Crippen molar-refractivity contribution in [1.82, 2.24) is 15.2 Å². The largest absolute Gasteiger partial charge is 0.491 e. The number of aryl methyl sites for hydroxylation is 2. The minimum Gasteiger partial charge on any atom is -0.491 e. The van der Waals surface area contributed by atoms with Gasteiger partial charge in [-0.05, 0) is 136 Å². The zero-order valence-corrected chi connectivity index (χ0v) is 28.2. The number of H-pyrrole nitrogens is 1. The maximum atomic E-state index is 12.7. The van der Waals surface area contributed by atoms with Crippen molar-refractivity contribution >= 4 is 0 Å². The molecule has 1 aliphatic carbocycles. The Morgan fingerprint density at radius 1 is 0.955 bits per heavy atom. The maximum absolute atomic E-state index is 12.7. The van der Waals surface area contributed by atoms with Gasteiger partial charge in [-0.2, -0.15) is 0 Å². The molecule has 1 unspecified atom stereocenters. The molecular formula is C38H55N3O3. The fourth-order valence-electron chi connectivity index (χ4n) is 7.03. The SMILES string of the molecule is CCCCC(c1cc(-c2ccc(OCCOC)cc2)cc(CNCc2c(C)cc(C)[nH]c2=O)c1C)C1CCC(N(C)C)CC1. The van der Waals surface area contributed by atoms with Crippen molar-refractivity contribution < 1.29 is 9.47 Å². The lowest BCUT2D eigenvalue weighted by Crippen LogP contribution is -2.33. The normalized spacial score (nSPS) is 17.6. The van der Waals surface area contributed by atoms with Crippen molar-refractivity contribution in [1.29, 1.82) is 0 Å². The van der Waals surface area contributed by atoms with E-state index in [1.807, 2.05) is 13.8 Å². The predicted molar refractivity (Wildman–Crippen MR) is 183 cm³/mol. The Morgan fingerprint density at radius 2 is 1.68 bits per heavy atom. The second-order valence-corrected chi connectivity index (χ2v) is 13.0. The third kappa shape index (κ3) is 8.83. The van der Waals surface area contributed by atoms with Crippen LogP contribution in [0.2, 0.25) is 0 Å². The molecule has 4 rings (SSSR count). The predicted octanol–water partition coefficient (Wildman–Crippen LogP) is 7.68. The molecule has 0 amide bonds. The topological polar surface area (TPSA) is 66.6 Å². The zero-order valence-electron chi connectivity index (χ0n) is 28.2. The lowest BCUT2D eigenvalue weighted by molar-refractivity contribution is 0.146. The minimum absolute atomic E-state index is 0.00178. The molecule has 6 heteroatoms. The highest BCUT2D eigenvalue weighted by Gasteiger charge is 2.30. The van der Waals surface area contributed by atoms with Gasteiger partial charge in [0.25, 0.3) is 5.56 Å².